The smallest absolute Gasteiger partial charge is 0.00514 e. The molecular formula is C9H16N2. The zero-order valence-corrected chi connectivity index (χ0v) is 6.96. The minimum Gasteiger partial charge on any atom is -0.404 e. The summed E-state index contributed by atoms with van der Waals surface area (Å²) in [4.78, 5) is 0. The second-order valence-corrected chi connectivity index (χ2v) is 2.52. The van der Waals surface area contributed by atoms with E-state index in [2.05, 4.69) is 6.58 Å². The van der Waals surface area contributed by atoms with Gasteiger partial charge < -0.3 is 11.5 Å². The molecule has 2 nitrogen and oxygen atoms in total. The van der Waals surface area contributed by atoms with Gasteiger partial charge in [-0.1, -0.05) is 24.8 Å². The molecule has 0 aromatic carbocycles. The number of allylic oxidation sites excluding steroid dienone is 3. The lowest BCUT2D eigenvalue weighted by Gasteiger charge is -2.03. The molecule has 0 saturated heterocycles. The summed E-state index contributed by atoms with van der Waals surface area (Å²) < 4.78 is 0. The molecule has 0 aliphatic rings. The fourth-order valence-electron chi connectivity index (χ4n) is 0.755. The third kappa shape index (κ3) is 5.43. The van der Waals surface area contributed by atoms with Gasteiger partial charge in [-0.25, -0.2) is 0 Å². The zero-order valence-electron chi connectivity index (χ0n) is 6.96. The maximum Gasteiger partial charge on any atom is 0.00514 e. The molecule has 0 aromatic rings. The second-order valence-electron chi connectivity index (χ2n) is 2.52. The molecule has 0 rings (SSSR count). The predicted octanol–water partition coefficient (Wildman–Crippen LogP) is 1.31. The largest absolute Gasteiger partial charge is 0.404 e. The van der Waals surface area contributed by atoms with E-state index in [-0.39, 0.29) is 6.04 Å². The summed E-state index contributed by atoms with van der Waals surface area (Å²) in [6.45, 7) is 5.51. The van der Waals surface area contributed by atoms with Crippen molar-refractivity contribution < 1.29 is 0 Å². The van der Waals surface area contributed by atoms with Crippen LogP contribution in [-0.4, -0.2) is 6.04 Å². The van der Waals surface area contributed by atoms with Gasteiger partial charge in [-0.15, -0.1) is 0 Å². The Bertz CT molecular complexity index is 166. The molecule has 62 valence electrons. The average Bonchev–Trinajstić information content (AvgIpc) is 1.97. The van der Waals surface area contributed by atoms with Crippen molar-refractivity contribution in [2.24, 2.45) is 11.5 Å². The third-order valence-electron chi connectivity index (χ3n) is 1.22. The molecule has 0 amide bonds. The van der Waals surface area contributed by atoms with E-state index >= 15 is 0 Å². The van der Waals surface area contributed by atoms with E-state index < -0.39 is 0 Å². The van der Waals surface area contributed by atoms with Crippen LogP contribution in [0.5, 0.6) is 0 Å². The topological polar surface area (TPSA) is 52.0 Å². The molecule has 4 N–H and O–H groups in total. The average molecular weight is 152 g/mol. The van der Waals surface area contributed by atoms with Crippen molar-refractivity contribution in [2.45, 2.75) is 19.4 Å². The fourth-order valence-corrected chi connectivity index (χ4v) is 0.755. The summed E-state index contributed by atoms with van der Waals surface area (Å²) in [6, 6.07) is 0.152. The van der Waals surface area contributed by atoms with Gasteiger partial charge >= 0.3 is 0 Å². The van der Waals surface area contributed by atoms with Crippen molar-refractivity contribution in [3.63, 3.8) is 0 Å². The van der Waals surface area contributed by atoms with Crippen LogP contribution in [0.3, 0.4) is 0 Å². The van der Waals surface area contributed by atoms with E-state index in [1.54, 1.807) is 12.3 Å². The van der Waals surface area contributed by atoms with Crippen LogP contribution in [0.1, 0.15) is 13.3 Å². The summed E-state index contributed by atoms with van der Waals surface area (Å²) in [5.74, 6) is 0. The highest BCUT2D eigenvalue weighted by atomic mass is 14.6. The molecule has 0 saturated carbocycles. The van der Waals surface area contributed by atoms with Gasteiger partial charge in [0.25, 0.3) is 0 Å². The summed E-state index contributed by atoms with van der Waals surface area (Å²) in [7, 11) is 0. The molecule has 0 aliphatic heterocycles. The number of nitrogens with two attached hydrogens (primary N) is 2. The van der Waals surface area contributed by atoms with Crippen LogP contribution >= 0.6 is 0 Å². The van der Waals surface area contributed by atoms with Crippen LogP contribution in [0.2, 0.25) is 0 Å². The Morgan fingerprint density at radius 3 is 2.64 bits per heavy atom. The van der Waals surface area contributed by atoms with Crippen LogP contribution in [0, 0.1) is 0 Å². The first kappa shape index (κ1) is 9.98. The van der Waals surface area contributed by atoms with Gasteiger partial charge in [0.05, 0.1) is 0 Å². The molecule has 0 heterocycles. The summed E-state index contributed by atoms with van der Waals surface area (Å²) in [6.07, 6.45) is 7.85. The second kappa shape index (κ2) is 5.74. The van der Waals surface area contributed by atoms with Crippen molar-refractivity contribution in [2.75, 3.05) is 0 Å². The van der Waals surface area contributed by atoms with Crippen molar-refractivity contribution in [3.8, 4) is 0 Å². The Hall–Kier alpha value is -1.02. The van der Waals surface area contributed by atoms with E-state index in [0.29, 0.717) is 0 Å². The van der Waals surface area contributed by atoms with E-state index in [1.165, 1.54) is 0 Å². The molecule has 0 bridgehead atoms. The van der Waals surface area contributed by atoms with Crippen molar-refractivity contribution >= 4 is 0 Å². The first-order valence-electron chi connectivity index (χ1n) is 3.66. The van der Waals surface area contributed by atoms with Crippen molar-refractivity contribution in [1.82, 2.24) is 0 Å². The third-order valence-corrected chi connectivity index (χ3v) is 1.22. The standard InChI is InChI=1S/C9H16N2/c1-3-4-5-9(7-10)6-8(2)11/h3-5,7-8H,1,6,10-11H2,2H3/b5-4-,9-7+. The Morgan fingerprint density at radius 1 is 1.64 bits per heavy atom. The van der Waals surface area contributed by atoms with Crippen LogP contribution in [0.4, 0.5) is 0 Å². The van der Waals surface area contributed by atoms with Crippen LogP contribution < -0.4 is 11.5 Å². The molecule has 11 heavy (non-hydrogen) atoms. The van der Waals surface area contributed by atoms with Gasteiger partial charge in [0, 0.05) is 6.04 Å². The van der Waals surface area contributed by atoms with E-state index in [1.807, 2.05) is 19.1 Å². The van der Waals surface area contributed by atoms with E-state index in [9.17, 15) is 0 Å². The number of hydrogen-bond donors (Lipinski definition) is 2. The lowest BCUT2D eigenvalue weighted by Crippen LogP contribution is -2.15. The SMILES string of the molecule is C=C/C=C\C(=C/N)CC(C)N. The molecule has 0 aliphatic carbocycles. The molecular weight excluding hydrogens is 136 g/mol. The molecule has 1 atom stereocenters. The highest BCUT2D eigenvalue weighted by Gasteiger charge is 1.95. The van der Waals surface area contributed by atoms with Crippen LogP contribution in [0.15, 0.2) is 36.6 Å². The monoisotopic (exact) mass is 152 g/mol. The molecule has 2 heteroatoms. The fraction of sp³-hybridized carbons (Fsp3) is 0.333. The highest BCUT2D eigenvalue weighted by molar-refractivity contribution is 5.21. The lowest BCUT2D eigenvalue weighted by atomic mass is 10.1. The predicted molar refractivity (Wildman–Crippen MR) is 49.9 cm³/mol. The molecule has 0 radical (unpaired) electrons. The van der Waals surface area contributed by atoms with Gasteiger partial charge in [-0.05, 0) is 25.1 Å². The normalized spacial score (nSPS) is 15.3. The summed E-state index contributed by atoms with van der Waals surface area (Å²) in [5.41, 5.74) is 12.0. The first-order valence-corrected chi connectivity index (χ1v) is 3.66. The quantitative estimate of drug-likeness (QED) is 0.597. The van der Waals surface area contributed by atoms with Gasteiger partial charge in [-0.2, -0.15) is 0 Å². The van der Waals surface area contributed by atoms with Crippen LogP contribution in [-0.2, 0) is 0 Å². The minimum atomic E-state index is 0.152. The zero-order chi connectivity index (χ0) is 8.69. The molecule has 0 spiro atoms. The Kier molecular flexibility index (Phi) is 5.21. The Labute approximate surface area is 68.3 Å². The molecule has 0 aromatic heterocycles. The Morgan fingerprint density at radius 2 is 2.27 bits per heavy atom. The highest BCUT2D eigenvalue weighted by Crippen LogP contribution is 2.03. The summed E-state index contributed by atoms with van der Waals surface area (Å²) in [5, 5.41) is 0. The summed E-state index contributed by atoms with van der Waals surface area (Å²) >= 11 is 0. The molecule has 0 fully saturated rings. The van der Waals surface area contributed by atoms with Crippen molar-refractivity contribution in [3.05, 3.63) is 36.6 Å². The van der Waals surface area contributed by atoms with E-state index in [4.69, 9.17) is 11.5 Å². The van der Waals surface area contributed by atoms with Crippen molar-refractivity contribution in [1.29, 1.82) is 0 Å². The number of rotatable bonds is 4. The van der Waals surface area contributed by atoms with Gasteiger partial charge in [0.2, 0.25) is 0 Å². The Balaban J connectivity index is 3.98. The maximum atomic E-state index is 5.58. The van der Waals surface area contributed by atoms with Gasteiger partial charge in [0.1, 0.15) is 0 Å². The molecule has 1 unspecified atom stereocenters. The van der Waals surface area contributed by atoms with Gasteiger partial charge in [0.15, 0.2) is 0 Å². The van der Waals surface area contributed by atoms with Gasteiger partial charge in [-0.3, -0.25) is 0 Å². The maximum absolute atomic E-state index is 5.58. The van der Waals surface area contributed by atoms with E-state index in [0.717, 1.165) is 12.0 Å². The lowest BCUT2D eigenvalue weighted by molar-refractivity contribution is 0.739. The number of hydrogen-bond acceptors (Lipinski definition) is 2. The van der Waals surface area contributed by atoms with Crippen LogP contribution in [0.25, 0.3) is 0 Å². The first-order chi connectivity index (χ1) is 5.20. The minimum absolute atomic E-state index is 0.152.